The minimum atomic E-state index is 0.114. The van der Waals surface area contributed by atoms with Gasteiger partial charge in [0, 0.05) is 25.2 Å². The van der Waals surface area contributed by atoms with Gasteiger partial charge in [0.1, 0.15) is 0 Å². The Morgan fingerprint density at radius 3 is 2.24 bits per heavy atom. The second-order valence-corrected chi connectivity index (χ2v) is 6.74. The number of hydrogen-bond acceptors (Lipinski definition) is 2. The summed E-state index contributed by atoms with van der Waals surface area (Å²) in [4.78, 5) is 2.50. The fraction of sp³-hybridized carbons (Fsp3) is 0.647. The Hall–Kier alpha value is -0.280. The van der Waals surface area contributed by atoms with Crippen LogP contribution < -0.4 is 5.73 Å². The molecule has 0 amide bonds. The molecule has 0 saturated carbocycles. The largest absolute Gasteiger partial charge is 0.329 e. The molecule has 0 heterocycles. The first-order valence-corrected chi connectivity index (χ1v) is 8.61. The van der Waals surface area contributed by atoms with E-state index in [4.69, 9.17) is 28.9 Å². The molecule has 1 rings (SSSR count). The zero-order chi connectivity index (χ0) is 16.0. The fourth-order valence-corrected chi connectivity index (χ4v) is 3.36. The summed E-state index contributed by atoms with van der Waals surface area (Å²) in [6.07, 6.45) is 2.22. The lowest BCUT2D eigenvalue weighted by atomic mass is 9.99. The number of hydrogen-bond donors (Lipinski definition) is 1. The second-order valence-electron chi connectivity index (χ2n) is 5.96. The van der Waals surface area contributed by atoms with Crippen LogP contribution in [0.3, 0.4) is 0 Å². The molecule has 2 N–H and O–H groups in total. The van der Waals surface area contributed by atoms with E-state index < -0.39 is 0 Å². The third-order valence-corrected chi connectivity index (χ3v) is 4.79. The van der Waals surface area contributed by atoms with Gasteiger partial charge in [0.25, 0.3) is 0 Å². The summed E-state index contributed by atoms with van der Waals surface area (Å²) in [6.45, 7) is 10.5. The standard InChI is InChI=1S/C17H28Cl2N2/c1-5-13(6-2)21(11-12(3)4)16(10-20)14-8-7-9-15(18)17(14)19/h7-9,12-13,16H,5-6,10-11,20H2,1-4H3. The van der Waals surface area contributed by atoms with Crippen LogP contribution >= 0.6 is 23.2 Å². The number of halogens is 2. The highest BCUT2D eigenvalue weighted by atomic mass is 35.5. The van der Waals surface area contributed by atoms with Crippen molar-refractivity contribution in [1.29, 1.82) is 0 Å². The van der Waals surface area contributed by atoms with Crippen molar-refractivity contribution in [3.8, 4) is 0 Å². The Bertz CT molecular complexity index is 431. The summed E-state index contributed by atoms with van der Waals surface area (Å²) in [7, 11) is 0. The van der Waals surface area contributed by atoms with Crippen LogP contribution in [0.5, 0.6) is 0 Å². The van der Waals surface area contributed by atoms with E-state index in [1.807, 2.05) is 18.2 Å². The van der Waals surface area contributed by atoms with Gasteiger partial charge in [0.15, 0.2) is 0 Å². The van der Waals surface area contributed by atoms with Crippen molar-refractivity contribution in [3.63, 3.8) is 0 Å². The average molecular weight is 331 g/mol. The van der Waals surface area contributed by atoms with Crippen molar-refractivity contribution in [3.05, 3.63) is 33.8 Å². The maximum atomic E-state index is 6.42. The molecule has 1 aromatic rings. The van der Waals surface area contributed by atoms with Crippen LogP contribution in [0.25, 0.3) is 0 Å². The second kappa shape index (κ2) is 8.99. The molecular weight excluding hydrogens is 303 g/mol. The van der Waals surface area contributed by atoms with Gasteiger partial charge in [0.05, 0.1) is 10.0 Å². The highest BCUT2D eigenvalue weighted by Crippen LogP contribution is 2.34. The van der Waals surface area contributed by atoms with Gasteiger partial charge in [-0.05, 0) is 30.4 Å². The summed E-state index contributed by atoms with van der Waals surface area (Å²) in [5.41, 5.74) is 7.15. The van der Waals surface area contributed by atoms with E-state index >= 15 is 0 Å². The molecule has 21 heavy (non-hydrogen) atoms. The van der Waals surface area contributed by atoms with Crippen LogP contribution in [-0.2, 0) is 0 Å². The Balaban J connectivity index is 3.19. The smallest absolute Gasteiger partial charge is 0.0640 e. The monoisotopic (exact) mass is 330 g/mol. The molecule has 1 atom stereocenters. The van der Waals surface area contributed by atoms with E-state index in [2.05, 4.69) is 32.6 Å². The highest BCUT2D eigenvalue weighted by molar-refractivity contribution is 6.42. The lowest BCUT2D eigenvalue weighted by Crippen LogP contribution is -2.43. The summed E-state index contributed by atoms with van der Waals surface area (Å²) >= 11 is 12.6. The summed E-state index contributed by atoms with van der Waals surface area (Å²) < 4.78 is 0. The molecule has 1 aromatic carbocycles. The normalized spacial score (nSPS) is 13.4. The van der Waals surface area contributed by atoms with Gasteiger partial charge in [0.2, 0.25) is 0 Å². The van der Waals surface area contributed by atoms with E-state index in [1.165, 1.54) is 0 Å². The van der Waals surface area contributed by atoms with Crippen LogP contribution in [0.1, 0.15) is 52.1 Å². The number of benzene rings is 1. The predicted molar refractivity (Wildman–Crippen MR) is 94.2 cm³/mol. The first kappa shape index (κ1) is 18.8. The van der Waals surface area contributed by atoms with Crippen LogP contribution in [0.4, 0.5) is 0 Å². The molecule has 2 nitrogen and oxygen atoms in total. The maximum absolute atomic E-state index is 6.42. The first-order valence-electron chi connectivity index (χ1n) is 7.85. The minimum absolute atomic E-state index is 0.114. The van der Waals surface area contributed by atoms with Crippen LogP contribution in [0.15, 0.2) is 18.2 Å². The molecule has 0 aromatic heterocycles. The molecule has 0 saturated heterocycles. The van der Waals surface area contributed by atoms with Crippen LogP contribution in [0.2, 0.25) is 10.0 Å². The summed E-state index contributed by atoms with van der Waals surface area (Å²) in [5, 5.41) is 1.23. The minimum Gasteiger partial charge on any atom is -0.329 e. The Morgan fingerprint density at radius 2 is 1.76 bits per heavy atom. The van der Waals surface area contributed by atoms with E-state index in [9.17, 15) is 0 Å². The van der Waals surface area contributed by atoms with Crippen molar-refractivity contribution < 1.29 is 0 Å². The SMILES string of the molecule is CCC(CC)N(CC(C)C)C(CN)c1cccc(Cl)c1Cl. The van der Waals surface area contributed by atoms with Gasteiger partial charge in [-0.25, -0.2) is 0 Å². The zero-order valence-corrected chi connectivity index (χ0v) is 15.1. The third-order valence-electron chi connectivity index (χ3n) is 3.95. The molecule has 0 bridgehead atoms. The summed E-state index contributed by atoms with van der Waals surface area (Å²) in [5.74, 6) is 0.581. The van der Waals surface area contributed by atoms with Crippen LogP contribution in [0, 0.1) is 5.92 Å². The van der Waals surface area contributed by atoms with E-state index in [0.717, 1.165) is 24.9 Å². The Kier molecular flexibility index (Phi) is 8.04. The molecule has 0 aliphatic carbocycles. The van der Waals surface area contributed by atoms with Crippen molar-refractivity contribution in [2.45, 2.75) is 52.6 Å². The molecule has 0 spiro atoms. The van der Waals surface area contributed by atoms with Gasteiger partial charge in [-0.3, -0.25) is 4.90 Å². The predicted octanol–water partition coefficient (Wildman–Crippen LogP) is 5.14. The van der Waals surface area contributed by atoms with Crippen molar-refractivity contribution in [2.24, 2.45) is 11.7 Å². The maximum Gasteiger partial charge on any atom is 0.0640 e. The number of rotatable bonds is 8. The summed E-state index contributed by atoms with van der Waals surface area (Å²) in [6, 6.07) is 6.44. The Morgan fingerprint density at radius 1 is 1.14 bits per heavy atom. The van der Waals surface area contributed by atoms with E-state index in [-0.39, 0.29) is 6.04 Å². The van der Waals surface area contributed by atoms with Gasteiger partial charge in [-0.1, -0.05) is 63.0 Å². The molecule has 0 aliphatic heterocycles. The molecule has 0 radical (unpaired) electrons. The lowest BCUT2D eigenvalue weighted by Gasteiger charge is -2.39. The third kappa shape index (κ3) is 4.85. The first-order chi connectivity index (χ1) is 9.96. The fourth-order valence-electron chi connectivity index (χ4n) is 2.93. The topological polar surface area (TPSA) is 29.3 Å². The Labute approximate surface area is 139 Å². The lowest BCUT2D eigenvalue weighted by molar-refractivity contribution is 0.112. The van der Waals surface area contributed by atoms with E-state index in [1.54, 1.807) is 0 Å². The van der Waals surface area contributed by atoms with Gasteiger partial charge < -0.3 is 5.73 Å². The van der Waals surface area contributed by atoms with Gasteiger partial charge in [-0.15, -0.1) is 0 Å². The molecular formula is C17H28Cl2N2. The van der Waals surface area contributed by atoms with Gasteiger partial charge in [-0.2, -0.15) is 0 Å². The molecule has 1 unspecified atom stereocenters. The number of nitrogens with zero attached hydrogens (tertiary/aromatic N) is 1. The van der Waals surface area contributed by atoms with Crippen molar-refractivity contribution >= 4 is 23.2 Å². The molecule has 0 aliphatic rings. The van der Waals surface area contributed by atoms with Crippen LogP contribution in [-0.4, -0.2) is 24.0 Å². The van der Waals surface area contributed by atoms with Crippen molar-refractivity contribution in [1.82, 2.24) is 4.90 Å². The molecule has 0 fully saturated rings. The zero-order valence-electron chi connectivity index (χ0n) is 13.6. The van der Waals surface area contributed by atoms with Crippen molar-refractivity contribution in [2.75, 3.05) is 13.1 Å². The number of nitrogens with two attached hydrogens (primary N) is 1. The molecule has 120 valence electrons. The molecule has 4 heteroatoms. The van der Waals surface area contributed by atoms with E-state index in [0.29, 0.717) is 28.5 Å². The quantitative estimate of drug-likeness (QED) is 0.715. The highest BCUT2D eigenvalue weighted by Gasteiger charge is 2.27. The van der Waals surface area contributed by atoms with Gasteiger partial charge >= 0.3 is 0 Å². The average Bonchev–Trinajstić information content (AvgIpc) is 2.44.